The Morgan fingerprint density at radius 2 is 1.85 bits per heavy atom. The van der Waals surface area contributed by atoms with Gasteiger partial charge in [-0.2, -0.15) is 0 Å². The Kier molecular flexibility index (Phi) is 4.67. The van der Waals surface area contributed by atoms with E-state index in [9.17, 15) is 18.0 Å². The predicted molar refractivity (Wildman–Crippen MR) is 74.8 cm³/mol. The molecule has 6 nitrogen and oxygen atoms in total. The molecule has 2 aliphatic rings. The fourth-order valence-corrected chi connectivity index (χ4v) is 4.37. The van der Waals surface area contributed by atoms with E-state index in [0.29, 0.717) is 25.4 Å². The van der Waals surface area contributed by atoms with E-state index in [1.54, 1.807) is 4.90 Å². The van der Waals surface area contributed by atoms with Crippen molar-refractivity contribution < 1.29 is 18.0 Å². The smallest absolute Gasteiger partial charge is 0.232 e. The maximum Gasteiger partial charge on any atom is 0.232 e. The summed E-state index contributed by atoms with van der Waals surface area (Å²) < 4.78 is 22.6. The van der Waals surface area contributed by atoms with Crippen LogP contribution >= 0.6 is 0 Å². The Hall–Kier alpha value is -1.11. The first kappa shape index (κ1) is 15.3. The number of carbonyl (C=O) groups is 2. The zero-order valence-corrected chi connectivity index (χ0v) is 12.6. The van der Waals surface area contributed by atoms with Crippen LogP contribution in [0.2, 0.25) is 0 Å². The molecule has 20 heavy (non-hydrogen) atoms. The number of sulfone groups is 1. The minimum absolute atomic E-state index is 0.00579. The first-order valence-electron chi connectivity index (χ1n) is 7.13. The molecule has 7 heteroatoms. The average molecular weight is 302 g/mol. The number of nitrogens with one attached hydrogen (secondary N) is 1. The van der Waals surface area contributed by atoms with Crippen molar-refractivity contribution in [3.63, 3.8) is 0 Å². The summed E-state index contributed by atoms with van der Waals surface area (Å²) in [4.78, 5) is 25.5. The zero-order chi connectivity index (χ0) is 14.8. The first-order valence-corrected chi connectivity index (χ1v) is 8.95. The molecule has 0 aromatic heterocycles. The Balaban J connectivity index is 1.75. The summed E-state index contributed by atoms with van der Waals surface area (Å²) in [6, 6.07) is -0.332. The third-order valence-electron chi connectivity index (χ3n) is 4.05. The van der Waals surface area contributed by atoms with Crippen molar-refractivity contribution in [2.75, 3.05) is 24.6 Å². The summed E-state index contributed by atoms with van der Waals surface area (Å²) in [7, 11) is -3.01. The Morgan fingerprint density at radius 1 is 1.20 bits per heavy atom. The molecule has 2 rings (SSSR count). The molecular weight excluding hydrogens is 280 g/mol. The molecule has 0 spiro atoms. The topological polar surface area (TPSA) is 83.6 Å². The largest absolute Gasteiger partial charge is 0.352 e. The molecule has 114 valence electrons. The molecule has 1 unspecified atom stereocenters. The van der Waals surface area contributed by atoms with E-state index in [1.165, 1.54) is 0 Å². The van der Waals surface area contributed by atoms with Gasteiger partial charge in [-0.05, 0) is 25.2 Å². The summed E-state index contributed by atoms with van der Waals surface area (Å²) in [5, 5.41) is 2.65. The summed E-state index contributed by atoms with van der Waals surface area (Å²) in [6.07, 6.45) is 2.23. The molecule has 0 aromatic rings. The second kappa shape index (κ2) is 6.11. The Morgan fingerprint density at radius 3 is 2.40 bits per heavy atom. The number of amides is 2. The maximum atomic E-state index is 12.0. The number of rotatable bonds is 3. The third-order valence-corrected chi connectivity index (χ3v) is 5.81. The van der Waals surface area contributed by atoms with Crippen LogP contribution in [0.5, 0.6) is 0 Å². The first-order chi connectivity index (χ1) is 9.35. The highest BCUT2D eigenvalue weighted by Crippen LogP contribution is 2.17. The highest BCUT2D eigenvalue weighted by Gasteiger charge is 2.30. The summed E-state index contributed by atoms with van der Waals surface area (Å²) in [6.45, 7) is 3.59. The van der Waals surface area contributed by atoms with Gasteiger partial charge in [0, 0.05) is 19.1 Å². The highest BCUT2D eigenvalue weighted by atomic mass is 32.2. The molecule has 0 radical (unpaired) electrons. The molecule has 2 fully saturated rings. The molecule has 2 heterocycles. The molecule has 0 aliphatic carbocycles. The molecule has 0 saturated carbocycles. The summed E-state index contributed by atoms with van der Waals surface area (Å²) >= 11 is 0. The van der Waals surface area contributed by atoms with Crippen LogP contribution in [0.3, 0.4) is 0 Å². The fraction of sp³-hybridized carbons (Fsp3) is 0.846. The number of likely N-dealkylation sites (tertiary alicyclic amines) is 1. The molecule has 2 saturated heterocycles. The normalized spacial score (nSPS) is 26.4. The molecule has 2 amide bonds. The predicted octanol–water partition coefficient (Wildman–Crippen LogP) is -0.0617. The van der Waals surface area contributed by atoms with Gasteiger partial charge in [-0.3, -0.25) is 9.59 Å². The molecule has 1 atom stereocenters. The van der Waals surface area contributed by atoms with Gasteiger partial charge in [-0.25, -0.2) is 8.42 Å². The van der Waals surface area contributed by atoms with Crippen molar-refractivity contribution in [3.05, 3.63) is 0 Å². The van der Waals surface area contributed by atoms with Gasteiger partial charge in [0.1, 0.15) is 6.42 Å². The van der Waals surface area contributed by atoms with Crippen molar-refractivity contribution in [2.45, 2.75) is 38.6 Å². The number of carbonyl (C=O) groups excluding carboxylic acids is 2. The van der Waals surface area contributed by atoms with E-state index in [0.717, 1.165) is 12.8 Å². The average Bonchev–Trinajstić information content (AvgIpc) is 2.69. The van der Waals surface area contributed by atoms with Crippen LogP contribution in [-0.2, 0) is 19.4 Å². The van der Waals surface area contributed by atoms with Gasteiger partial charge < -0.3 is 10.2 Å². The zero-order valence-electron chi connectivity index (χ0n) is 11.8. The van der Waals surface area contributed by atoms with Crippen LogP contribution in [0.1, 0.15) is 32.6 Å². The minimum atomic E-state index is -3.01. The number of nitrogens with zero attached hydrogens (tertiary/aromatic N) is 1. The number of piperidine rings is 1. The third kappa shape index (κ3) is 4.19. The van der Waals surface area contributed by atoms with E-state index in [2.05, 4.69) is 12.2 Å². The molecular formula is C13H22N2O4S. The van der Waals surface area contributed by atoms with Crippen LogP contribution in [0, 0.1) is 5.92 Å². The lowest BCUT2D eigenvalue weighted by molar-refractivity contribution is -0.137. The minimum Gasteiger partial charge on any atom is -0.352 e. The van der Waals surface area contributed by atoms with Crippen molar-refractivity contribution in [1.29, 1.82) is 0 Å². The maximum absolute atomic E-state index is 12.0. The lowest BCUT2D eigenvalue weighted by Crippen LogP contribution is -2.42. The Bertz CT molecular complexity index is 481. The molecule has 0 aromatic carbocycles. The van der Waals surface area contributed by atoms with Crippen molar-refractivity contribution in [2.24, 2.45) is 5.92 Å². The molecule has 1 N–H and O–H groups in total. The van der Waals surface area contributed by atoms with Crippen LogP contribution < -0.4 is 5.32 Å². The van der Waals surface area contributed by atoms with Crippen LogP contribution in [-0.4, -0.2) is 55.8 Å². The van der Waals surface area contributed by atoms with Gasteiger partial charge in [0.05, 0.1) is 11.5 Å². The standard InChI is InChI=1S/C13H22N2O4S/c1-10-2-5-15(6-3-10)13(17)8-12(16)14-11-4-7-20(18,19)9-11/h10-11H,2-9H2,1H3,(H,14,16). The van der Waals surface area contributed by atoms with Crippen LogP contribution in [0.4, 0.5) is 0 Å². The van der Waals surface area contributed by atoms with E-state index in [1.807, 2.05) is 0 Å². The summed E-state index contributed by atoms with van der Waals surface area (Å²) in [5.74, 6) is 0.229. The van der Waals surface area contributed by atoms with Crippen molar-refractivity contribution >= 4 is 21.7 Å². The van der Waals surface area contributed by atoms with Crippen LogP contribution in [0.25, 0.3) is 0 Å². The van der Waals surface area contributed by atoms with E-state index in [4.69, 9.17) is 0 Å². The van der Waals surface area contributed by atoms with Crippen LogP contribution in [0.15, 0.2) is 0 Å². The lowest BCUT2D eigenvalue weighted by atomic mass is 9.99. The van der Waals surface area contributed by atoms with Gasteiger partial charge in [0.2, 0.25) is 11.8 Å². The quantitative estimate of drug-likeness (QED) is 0.740. The molecule has 0 bridgehead atoms. The fourth-order valence-electron chi connectivity index (χ4n) is 2.69. The monoisotopic (exact) mass is 302 g/mol. The van der Waals surface area contributed by atoms with Gasteiger partial charge in [0.15, 0.2) is 9.84 Å². The van der Waals surface area contributed by atoms with E-state index >= 15 is 0 Å². The van der Waals surface area contributed by atoms with Crippen molar-refractivity contribution in [1.82, 2.24) is 10.2 Å². The number of hydrogen-bond acceptors (Lipinski definition) is 4. The van der Waals surface area contributed by atoms with E-state index < -0.39 is 9.84 Å². The van der Waals surface area contributed by atoms with Gasteiger partial charge >= 0.3 is 0 Å². The Labute approximate surface area is 119 Å². The summed E-state index contributed by atoms with van der Waals surface area (Å²) in [5.41, 5.74) is 0. The second-order valence-corrected chi connectivity index (χ2v) is 8.14. The lowest BCUT2D eigenvalue weighted by Gasteiger charge is -2.30. The number of hydrogen-bond donors (Lipinski definition) is 1. The van der Waals surface area contributed by atoms with E-state index in [-0.39, 0.29) is 35.8 Å². The highest BCUT2D eigenvalue weighted by molar-refractivity contribution is 7.91. The van der Waals surface area contributed by atoms with Gasteiger partial charge in [0.25, 0.3) is 0 Å². The SMILES string of the molecule is CC1CCN(C(=O)CC(=O)NC2CCS(=O)(=O)C2)CC1. The van der Waals surface area contributed by atoms with Crippen molar-refractivity contribution in [3.8, 4) is 0 Å². The second-order valence-electron chi connectivity index (χ2n) is 5.91. The molecule has 2 aliphatic heterocycles. The van der Waals surface area contributed by atoms with Gasteiger partial charge in [-0.1, -0.05) is 6.92 Å². The van der Waals surface area contributed by atoms with Gasteiger partial charge in [-0.15, -0.1) is 0 Å².